The SMILES string of the molecule is NCc1ccc(-c2csc(N3CCOCC3)n2)cc1. The maximum Gasteiger partial charge on any atom is 0.186 e. The van der Waals surface area contributed by atoms with Gasteiger partial charge in [-0.05, 0) is 5.56 Å². The summed E-state index contributed by atoms with van der Waals surface area (Å²) in [5.41, 5.74) is 8.94. The van der Waals surface area contributed by atoms with Crippen LogP contribution in [0.25, 0.3) is 11.3 Å². The molecule has 1 aliphatic heterocycles. The van der Waals surface area contributed by atoms with Crippen molar-refractivity contribution < 1.29 is 4.74 Å². The van der Waals surface area contributed by atoms with Gasteiger partial charge in [0.15, 0.2) is 5.13 Å². The average Bonchev–Trinajstić information content (AvgIpc) is 2.98. The first-order valence-corrected chi connectivity index (χ1v) is 7.32. The molecule has 100 valence electrons. The number of nitrogens with two attached hydrogens (primary N) is 1. The van der Waals surface area contributed by atoms with E-state index in [1.807, 2.05) is 0 Å². The lowest BCUT2D eigenvalue weighted by Gasteiger charge is -2.26. The Balaban J connectivity index is 1.79. The monoisotopic (exact) mass is 275 g/mol. The van der Waals surface area contributed by atoms with Crippen LogP contribution < -0.4 is 10.6 Å². The van der Waals surface area contributed by atoms with E-state index in [9.17, 15) is 0 Å². The molecule has 1 aromatic heterocycles. The van der Waals surface area contributed by atoms with E-state index in [0.717, 1.165) is 48.3 Å². The van der Waals surface area contributed by atoms with Crippen LogP contribution in [0.4, 0.5) is 5.13 Å². The summed E-state index contributed by atoms with van der Waals surface area (Å²) in [4.78, 5) is 7.00. The van der Waals surface area contributed by atoms with Crippen molar-refractivity contribution in [1.82, 2.24) is 4.98 Å². The maximum absolute atomic E-state index is 5.61. The second-order valence-electron chi connectivity index (χ2n) is 4.52. The van der Waals surface area contributed by atoms with E-state index in [-0.39, 0.29) is 0 Å². The van der Waals surface area contributed by atoms with Crippen molar-refractivity contribution >= 4 is 16.5 Å². The number of nitrogens with zero attached hydrogens (tertiary/aromatic N) is 2. The molecule has 0 aliphatic carbocycles. The number of anilines is 1. The zero-order valence-electron chi connectivity index (χ0n) is 10.7. The number of aromatic nitrogens is 1. The lowest BCUT2D eigenvalue weighted by atomic mass is 10.1. The molecule has 3 rings (SSSR count). The summed E-state index contributed by atoms with van der Waals surface area (Å²) in [6.45, 7) is 4.02. The zero-order valence-corrected chi connectivity index (χ0v) is 11.5. The summed E-state index contributed by atoms with van der Waals surface area (Å²) >= 11 is 1.70. The van der Waals surface area contributed by atoms with Crippen molar-refractivity contribution in [3.8, 4) is 11.3 Å². The fourth-order valence-corrected chi connectivity index (χ4v) is 3.00. The summed E-state index contributed by atoms with van der Waals surface area (Å²) in [5.74, 6) is 0. The van der Waals surface area contributed by atoms with Crippen molar-refractivity contribution in [2.75, 3.05) is 31.2 Å². The number of ether oxygens (including phenoxy) is 1. The number of benzene rings is 1. The fraction of sp³-hybridized carbons (Fsp3) is 0.357. The third-order valence-corrected chi connectivity index (χ3v) is 4.16. The first-order chi connectivity index (χ1) is 9.36. The van der Waals surface area contributed by atoms with Crippen LogP contribution in [0.1, 0.15) is 5.56 Å². The highest BCUT2D eigenvalue weighted by molar-refractivity contribution is 7.14. The third kappa shape index (κ3) is 2.78. The van der Waals surface area contributed by atoms with Crippen molar-refractivity contribution in [3.05, 3.63) is 35.2 Å². The molecule has 1 saturated heterocycles. The molecule has 0 spiro atoms. The van der Waals surface area contributed by atoms with Crippen LogP contribution >= 0.6 is 11.3 Å². The molecule has 0 saturated carbocycles. The van der Waals surface area contributed by atoms with E-state index in [1.165, 1.54) is 0 Å². The van der Waals surface area contributed by atoms with Crippen molar-refractivity contribution in [2.45, 2.75) is 6.54 Å². The Morgan fingerprint density at radius 1 is 1.21 bits per heavy atom. The Kier molecular flexibility index (Phi) is 3.77. The van der Waals surface area contributed by atoms with Gasteiger partial charge in [-0.3, -0.25) is 0 Å². The summed E-state index contributed by atoms with van der Waals surface area (Å²) in [6.07, 6.45) is 0. The van der Waals surface area contributed by atoms with Gasteiger partial charge in [-0.1, -0.05) is 24.3 Å². The molecular formula is C14H17N3OS. The smallest absolute Gasteiger partial charge is 0.186 e. The zero-order chi connectivity index (χ0) is 13.1. The maximum atomic E-state index is 5.61. The number of morpholine rings is 1. The van der Waals surface area contributed by atoms with Crippen molar-refractivity contribution in [2.24, 2.45) is 5.73 Å². The van der Waals surface area contributed by atoms with Gasteiger partial charge in [-0.15, -0.1) is 11.3 Å². The van der Waals surface area contributed by atoms with E-state index >= 15 is 0 Å². The molecule has 0 atom stereocenters. The van der Waals surface area contributed by atoms with Crippen LogP contribution in [0.15, 0.2) is 29.6 Å². The van der Waals surface area contributed by atoms with Crippen molar-refractivity contribution in [3.63, 3.8) is 0 Å². The number of rotatable bonds is 3. The summed E-state index contributed by atoms with van der Waals surface area (Å²) in [5, 5.41) is 3.20. The molecule has 0 bridgehead atoms. The third-order valence-electron chi connectivity index (χ3n) is 3.26. The predicted molar refractivity (Wildman–Crippen MR) is 78.5 cm³/mol. The molecule has 5 heteroatoms. The lowest BCUT2D eigenvalue weighted by Crippen LogP contribution is -2.36. The number of hydrogen-bond acceptors (Lipinski definition) is 5. The second kappa shape index (κ2) is 5.69. The summed E-state index contributed by atoms with van der Waals surface area (Å²) in [6, 6.07) is 8.28. The Morgan fingerprint density at radius 3 is 2.63 bits per heavy atom. The standard InChI is InChI=1S/C14H17N3OS/c15-9-11-1-3-12(4-2-11)13-10-19-14(16-13)17-5-7-18-8-6-17/h1-4,10H,5-9,15H2. The lowest BCUT2D eigenvalue weighted by molar-refractivity contribution is 0.122. The molecule has 4 nitrogen and oxygen atoms in total. The highest BCUT2D eigenvalue weighted by Crippen LogP contribution is 2.28. The summed E-state index contributed by atoms with van der Waals surface area (Å²) < 4.78 is 5.36. The van der Waals surface area contributed by atoms with Gasteiger partial charge in [-0.25, -0.2) is 4.98 Å². The van der Waals surface area contributed by atoms with Gasteiger partial charge in [-0.2, -0.15) is 0 Å². The Labute approximate surface area is 116 Å². The fourth-order valence-electron chi connectivity index (χ4n) is 2.11. The molecule has 2 aromatic rings. The molecule has 19 heavy (non-hydrogen) atoms. The predicted octanol–water partition coefficient (Wildman–Crippen LogP) is 2.11. The van der Waals surface area contributed by atoms with Gasteiger partial charge >= 0.3 is 0 Å². The van der Waals surface area contributed by atoms with E-state index in [1.54, 1.807) is 11.3 Å². The van der Waals surface area contributed by atoms with Crippen LogP contribution in [0.2, 0.25) is 0 Å². The van der Waals surface area contributed by atoms with Crippen LogP contribution in [0.5, 0.6) is 0 Å². The first-order valence-electron chi connectivity index (χ1n) is 6.44. The second-order valence-corrected chi connectivity index (χ2v) is 5.35. The van der Waals surface area contributed by atoms with Gasteiger partial charge in [0.2, 0.25) is 0 Å². The Bertz CT molecular complexity index is 532. The normalized spacial score (nSPS) is 15.7. The molecule has 0 radical (unpaired) electrons. The minimum Gasteiger partial charge on any atom is -0.378 e. The van der Waals surface area contributed by atoms with Gasteiger partial charge in [0.05, 0.1) is 18.9 Å². The molecule has 2 heterocycles. The largest absolute Gasteiger partial charge is 0.378 e. The van der Waals surface area contributed by atoms with Crippen LogP contribution in [-0.4, -0.2) is 31.3 Å². The summed E-state index contributed by atoms with van der Waals surface area (Å²) in [7, 11) is 0. The molecular weight excluding hydrogens is 258 g/mol. The molecule has 1 fully saturated rings. The molecule has 1 aliphatic rings. The quantitative estimate of drug-likeness (QED) is 0.932. The Hall–Kier alpha value is -1.43. The van der Waals surface area contributed by atoms with Gasteiger partial charge in [0.1, 0.15) is 0 Å². The highest BCUT2D eigenvalue weighted by Gasteiger charge is 2.15. The topological polar surface area (TPSA) is 51.4 Å². The number of hydrogen-bond donors (Lipinski definition) is 1. The minimum atomic E-state index is 0.580. The van der Waals surface area contributed by atoms with Crippen LogP contribution in [-0.2, 0) is 11.3 Å². The molecule has 1 aromatic carbocycles. The van der Waals surface area contributed by atoms with Crippen LogP contribution in [0, 0.1) is 0 Å². The Morgan fingerprint density at radius 2 is 1.95 bits per heavy atom. The molecule has 0 amide bonds. The highest BCUT2D eigenvalue weighted by atomic mass is 32.1. The van der Waals surface area contributed by atoms with E-state index in [0.29, 0.717) is 6.54 Å². The van der Waals surface area contributed by atoms with E-state index in [2.05, 4.69) is 34.5 Å². The van der Waals surface area contributed by atoms with Gasteiger partial charge in [0, 0.05) is 30.6 Å². The molecule has 2 N–H and O–H groups in total. The van der Waals surface area contributed by atoms with E-state index < -0.39 is 0 Å². The van der Waals surface area contributed by atoms with Gasteiger partial charge in [0.25, 0.3) is 0 Å². The van der Waals surface area contributed by atoms with E-state index in [4.69, 9.17) is 15.5 Å². The van der Waals surface area contributed by atoms with Crippen molar-refractivity contribution in [1.29, 1.82) is 0 Å². The molecule has 0 unspecified atom stereocenters. The minimum absolute atomic E-state index is 0.580. The number of thiazole rings is 1. The van der Waals surface area contributed by atoms with Crippen LogP contribution in [0.3, 0.4) is 0 Å². The average molecular weight is 275 g/mol. The first kappa shape index (κ1) is 12.6. The van der Waals surface area contributed by atoms with Gasteiger partial charge < -0.3 is 15.4 Å².